The quantitative estimate of drug-likeness (QED) is 0.295. The number of halogens is 1. The molecule has 0 radical (unpaired) electrons. The molecule has 0 saturated carbocycles. The molecule has 0 spiro atoms. The van der Waals surface area contributed by atoms with Gasteiger partial charge in [0.1, 0.15) is 11.4 Å². The number of nitrogens with one attached hydrogen (secondary N) is 1. The van der Waals surface area contributed by atoms with E-state index >= 15 is 0 Å². The minimum absolute atomic E-state index is 0.162. The first kappa shape index (κ1) is 24.0. The van der Waals surface area contributed by atoms with Crippen LogP contribution in [0.1, 0.15) is 21.6 Å². The van der Waals surface area contributed by atoms with Crippen LogP contribution in [0.3, 0.4) is 0 Å². The Bertz CT molecular complexity index is 1370. The molecule has 1 heterocycles. The number of rotatable bonds is 7. The van der Waals surface area contributed by atoms with Gasteiger partial charge < -0.3 is 14.0 Å². The summed E-state index contributed by atoms with van der Waals surface area (Å²) < 4.78 is 15.8. The summed E-state index contributed by atoms with van der Waals surface area (Å²) in [6, 6.07) is 22.0. The second-order valence-electron chi connectivity index (χ2n) is 7.69. The van der Waals surface area contributed by atoms with Gasteiger partial charge in [0.15, 0.2) is 5.76 Å². The van der Waals surface area contributed by atoms with E-state index in [2.05, 4.69) is 10.5 Å². The van der Waals surface area contributed by atoms with Gasteiger partial charge in [0.25, 0.3) is 0 Å². The monoisotopic (exact) mass is 490 g/mol. The fourth-order valence-corrected chi connectivity index (χ4v) is 3.89. The van der Waals surface area contributed by atoms with Gasteiger partial charge in [0.05, 0.1) is 19.3 Å². The van der Waals surface area contributed by atoms with E-state index in [1.807, 2.05) is 54.6 Å². The van der Waals surface area contributed by atoms with Gasteiger partial charge in [-0.05, 0) is 41.8 Å². The van der Waals surface area contributed by atoms with Gasteiger partial charge in [-0.3, -0.25) is 5.32 Å². The van der Waals surface area contributed by atoms with E-state index < -0.39 is 12.1 Å². The first-order valence-electron chi connectivity index (χ1n) is 10.9. The molecule has 4 aromatic rings. The summed E-state index contributed by atoms with van der Waals surface area (Å²) in [5.41, 5.74) is 4.43. The first-order chi connectivity index (χ1) is 17.0. The van der Waals surface area contributed by atoms with Crippen molar-refractivity contribution in [3.05, 3.63) is 94.6 Å². The van der Waals surface area contributed by atoms with Crippen LogP contribution in [-0.4, -0.2) is 30.9 Å². The Morgan fingerprint density at radius 2 is 1.74 bits per heavy atom. The largest absolute Gasteiger partial charge is 0.465 e. The molecule has 0 aliphatic rings. The number of amides is 1. The van der Waals surface area contributed by atoms with E-state index in [9.17, 15) is 9.59 Å². The summed E-state index contributed by atoms with van der Waals surface area (Å²) in [7, 11) is 1.35. The molecule has 1 N–H and O–H groups in total. The molecule has 3 aromatic carbocycles. The van der Waals surface area contributed by atoms with Gasteiger partial charge in [0, 0.05) is 17.0 Å². The highest BCUT2D eigenvalue weighted by atomic mass is 35.5. The number of hydrogen-bond acceptors (Lipinski definition) is 6. The van der Waals surface area contributed by atoms with E-state index in [0.29, 0.717) is 45.3 Å². The zero-order chi connectivity index (χ0) is 24.8. The Balaban J connectivity index is 1.53. The fourth-order valence-electron chi connectivity index (χ4n) is 3.66. The smallest absolute Gasteiger partial charge is 0.411 e. The summed E-state index contributed by atoms with van der Waals surface area (Å²) in [6.07, 6.45) is -0.138. The van der Waals surface area contributed by atoms with Gasteiger partial charge >= 0.3 is 12.1 Å². The third-order valence-corrected chi connectivity index (χ3v) is 5.79. The zero-order valence-electron chi connectivity index (χ0n) is 19.2. The molecule has 4 rings (SSSR count). The highest BCUT2D eigenvalue weighted by molar-refractivity contribution is 6.31. The lowest BCUT2D eigenvalue weighted by molar-refractivity contribution is 0.0601. The number of carbonyl (C=O) groups excluding carboxylic acids is 2. The van der Waals surface area contributed by atoms with Crippen LogP contribution in [0.2, 0.25) is 5.02 Å². The van der Waals surface area contributed by atoms with Gasteiger partial charge in [-0.2, -0.15) is 0 Å². The number of methoxy groups -OCH3 is 1. The van der Waals surface area contributed by atoms with Crippen LogP contribution in [0.15, 0.2) is 77.3 Å². The normalized spacial score (nSPS) is 10.6. The SMILES string of the molecule is COC(=O)c1ccccc1-c1cccc(-c2onc(C)c2NC(=O)OCCc2ccccc2Cl)c1. The number of aryl methyl sites for hydroxylation is 1. The van der Waals surface area contributed by atoms with Gasteiger partial charge in [-0.25, -0.2) is 9.59 Å². The Morgan fingerprint density at radius 3 is 2.54 bits per heavy atom. The molecule has 0 atom stereocenters. The third-order valence-electron chi connectivity index (χ3n) is 5.42. The van der Waals surface area contributed by atoms with Crippen molar-refractivity contribution in [3.63, 3.8) is 0 Å². The summed E-state index contributed by atoms with van der Waals surface area (Å²) in [5, 5.41) is 7.37. The molecule has 0 saturated heterocycles. The van der Waals surface area contributed by atoms with Crippen molar-refractivity contribution in [2.45, 2.75) is 13.3 Å². The third kappa shape index (κ3) is 5.53. The predicted octanol–water partition coefficient (Wildman–Crippen LogP) is 6.55. The minimum atomic E-state index is -0.628. The van der Waals surface area contributed by atoms with E-state index in [4.69, 9.17) is 25.6 Å². The lowest BCUT2D eigenvalue weighted by atomic mass is 9.97. The maximum atomic E-state index is 12.5. The number of esters is 1. The molecule has 1 aromatic heterocycles. The van der Waals surface area contributed by atoms with Gasteiger partial charge in [-0.15, -0.1) is 0 Å². The van der Waals surface area contributed by atoms with E-state index in [-0.39, 0.29) is 6.61 Å². The molecule has 0 unspecified atom stereocenters. The molecule has 0 aliphatic heterocycles. The van der Waals surface area contributed by atoms with Crippen molar-refractivity contribution in [2.24, 2.45) is 0 Å². The number of aromatic nitrogens is 1. The van der Waals surface area contributed by atoms with Crippen molar-refractivity contribution < 1.29 is 23.6 Å². The second-order valence-corrected chi connectivity index (χ2v) is 8.10. The van der Waals surface area contributed by atoms with Crippen LogP contribution < -0.4 is 5.32 Å². The van der Waals surface area contributed by atoms with Crippen LogP contribution in [-0.2, 0) is 15.9 Å². The molecule has 7 nitrogen and oxygen atoms in total. The average Bonchev–Trinajstić information content (AvgIpc) is 3.24. The number of ether oxygens (including phenoxy) is 2. The number of nitrogens with zero attached hydrogens (tertiary/aromatic N) is 1. The number of benzene rings is 3. The zero-order valence-corrected chi connectivity index (χ0v) is 20.0. The van der Waals surface area contributed by atoms with E-state index in [1.165, 1.54) is 7.11 Å². The van der Waals surface area contributed by atoms with Crippen LogP contribution in [0.25, 0.3) is 22.5 Å². The highest BCUT2D eigenvalue weighted by Gasteiger charge is 2.20. The Labute approximate surface area is 207 Å². The van der Waals surface area contributed by atoms with Crippen molar-refractivity contribution in [2.75, 3.05) is 19.0 Å². The van der Waals surface area contributed by atoms with Crippen molar-refractivity contribution >= 4 is 29.4 Å². The van der Waals surface area contributed by atoms with Gasteiger partial charge in [0.2, 0.25) is 0 Å². The van der Waals surface area contributed by atoms with Crippen molar-refractivity contribution in [3.8, 4) is 22.5 Å². The molecule has 0 aliphatic carbocycles. The number of hydrogen-bond donors (Lipinski definition) is 1. The maximum Gasteiger partial charge on any atom is 0.411 e. The Morgan fingerprint density at radius 1 is 1.00 bits per heavy atom. The first-order valence-corrected chi connectivity index (χ1v) is 11.3. The second kappa shape index (κ2) is 10.9. The Hall–Kier alpha value is -4.10. The molecule has 0 fully saturated rings. The summed E-state index contributed by atoms with van der Waals surface area (Å²) in [4.78, 5) is 24.7. The van der Waals surface area contributed by atoms with Gasteiger partial charge in [-0.1, -0.05) is 71.4 Å². The molecule has 35 heavy (non-hydrogen) atoms. The standard InChI is InChI=1S/C27H23ClN2O5/c1-17-24(29-27(32)34-15-14-18-8-3-6-13-23(18)28)25(35-30-17)20-10-7-9-19(16-20)21-11-4-5-12-22(21)26(31)33-2/h3-13,16H,14-15H2,1-2H3,(H,29,32). The molecule has 178 valence electrons. The lowest BCUT2D eigenvalue weighted by Gasteiger charge is -2.10. The van der Waals surface area contributed by atoms with E-state index in [0.717, 1.165) is 11.1 Å². The average molecular weight is 491 g/mol. The molecular weight excluding hydrogens is 468 g/mol. The fraction of sp³-hybridized carbons (Fsp3) is 0.148. The Kier molecular flexibility index (Phi) is 7.48. The molecule has 1 amide bonds. The highest BCUT2D eigenvalue weighted by Crippen LogP contribution is 2.34. The van der Waals surface area contributed by atoms with Crippen LogP contribution in [0.4, 0.5) is 10.5 Å². The lowest BCUT2D eigenvalue weighted by Crippen LogP contribution is -2.16. The van der Waals surface area contributed by atoms with Crippen molar-refractivity contribution in [1.82, 2.24) is 5.16 Å². The predicted molar refractivity (Wildman–Crippen MR) is 134 cm³/mol. The maximum absolute atomic E-state index is 12.5. The number of anilines is 1. The summed E-state index contributed by atoms with van der Waals surface area (Å²) >= 11 is 6.15. The molecular formula is C27H23ClN2O5. The molecule has 0 bridgehead atoms. The van der Waals surface area contributed by atoms with Crippen LogP contribution in [0.5, 0.6) is 0 Å². The van der Waals surface area contributed by atoms with Crippen LogP contribution >= 0.6 is 11.6 Å². The molecule has 8 heteroatoms. The van der Waals surface area contributed by atoms with E-state index in [1.54, 1.807) is 25.1 Å². The topological polar surface area (TPSA) is 90.7 Å². The number of carbonyl (C=O) groups is 2. The van der Waals surface area contributed by atoms with Crippen LogP contribution in [0, 0.1) is 6.92 Å². The van der Waals surface area contributed by atoms with Crippen molar-refractivity contribution in [1.29, 1.82) is 0 Å². The summed E-state index contributed by atoms with van der Waals surface area (Å²) in [6.45, 7) is 1.89. The minimum Gasteiger partial charge on any atom is -0.465 e. The summed E-state index contributed by atoms with van der Waals surface area (Å²) in [5.74, 6) is -0.0497.